The fraction of sp³-hybridized carbons (Fsp3) is 0.889. The van der Waals surface area contributed by atoms with Gasteiger partial charge in [-0.2, -0.15) is 0 Å². The van der Waals surface area contributed by atoms with Crippen molar-refractivity contribution in [3.8, 4) is 0 Å². The third-order valence-electron chi connectivity index (χ3n) is 1.50. The summed E-state index contributed by atoms with van der Waals surface area (Å²) >= 11 is 0. The van der Waals surface area contributed by atoms with Gasteiger partial charge in [0.05, 0.1) is 0 Å². The smallest absolute Gasteiger partial charge is 0.119 e. The number of unbranched alkanes of at least 4 members (excludes halogenated alkanes) is 5. The van der Waals surface area contributed by atoms with Gasteiger partial charge in [0.15, 0.2) is 0 Å². The van der Waals surface area contributed by atoms with Crippen molar-refractivity contribution < 1.29 is 8.91 Å². The first-order valence-electron chi connectivity index (χ1n) is 5.50. The average molecular weight is 145 g/mol. The van der Waals surface area contributed by atoms with Crippen molar-refractivity contribution in [2.24, 2.45) is 0 Å². The van der Waals surface area contributed by atoms with Crippen LogP contribution in [0.15, 0.2) is 0 Å². The second kappa shape index (κ2) is 8.67. The van der Waals surface area contributed by atoms with Gasteiger partial charge in [0.25, 0.3) is 0 Å². The Morgan fingerprint density at radius 1 is 1.20 bits per heavy atom. The molecule has 0 amide bonds. The molecule has 1 heteroatoms. The molecule has 0 aromatic carbocycles. The van der Waals surface area contributed by atoms with Crippen LogP contribution in [0, 0.1) is 0 Å². The number of aldehydes is 1. The fourth-order valence-electron chi connectivity index (χ4n) is 0.883. The van der Waals surface area contributed by atoms with Gasteiger partial charge in [0.2, 0.25) is 0 Å². The third-order valence-corrected chi connectivity index (χ3v) is 1.50. The Bertz CT molecular complexity index is 131. The summed E-state index contributed by atoms with van der Waals surface area (Å²) in [4.78, 5) is 9.95. The van der Waals surface area contributed by atoms with Crippen molar-refractivity contribution in [3.63, 3.8) is 0 Å². The molecule has 0 rings (SSSR count). The molecule has 0 radical (unpaired) electrons. The molecule has 0 heterocycles. The average Bonchev–Trinajstić information content (AvgIpc) is 2.01. The van der Waals surface area contributed by atoms with Crippen molar-refractivity contribution >= 4 is 6.29 Å². The minimum Gasteiger partial charge on any atom is -0.303 e. The van der Waals surface area contributed by atoms with Gasteiger partial charge in [-0.25, -0.2) is 0 Å². The highest BCUT2D eigenvalue weighted by Crippen LogP contribution is 2.05. The molecule has 0 aromatic rings. The highest BCUT2D eigenvalue weighted by molar-refractivity contribution is 5.48. The van der Waals surface area contributed by atoms with Crippen LogP contribution in [0.2, 0.25) is 0 Å². The second-order valence-electron chi connectivity index (χ2n) is 2.47. The number of carbonyl (C=O) groups excluding carboxylic acids is 1. The molecule has 0 atom stereocenters. The summed E-state index contributed by atoms with van der Waals surface area (Å²) in [6.45, 7) is -1.76. The zero-order valence-corrected chi connectivity index (χ0v) is 6.44. The van der Waals surface area contributed by atoms with Gasteiger partial charge in [-0.1, -0.05) is 39.0 Å². The molecule has 0 saturated carbocycles. The zero-order chi connectivity index (χ0) is 10.2. The molecule has 0 aliphatic rings. The van der Waals surface area contributed by atoms with Crippen LogP contribution in [-0.4, -0.2) is 6.29 Å². The number of carbonyl (C=O) groups is 1. The molecule has 60 valence electrons. The van der Waals surface area contributed by atoms with E-state index < -0.39 is 6.85 Å². The van der Waals surface area contributed by atoms with E-state index in [0.29, 0.717) is 12.8 Å². The van der Waals surface area contributed by atoms with Gasteiger partial charge in [0.1, 0.15) is 6.29 Å². The summed E-state index contributed by atoms with van der Waals surface area (Å²) in [6.07, 6.45) is 6.66. The SMILES string of the molecule is [2H]C([2H])([2H])CCCCCCCC=O. The molecule has 0 unspecified atom stereocenters. The van der Waals surface area contributed by atoms with E-state index in [9.17, 15) is 4.79 Å². The van der Waals surface area contributed by atoms with Crippen molar-refractivity contribution in [2.45, 2.75) is 51.8 Å². The Morgan fingerprint density at radius 2 is 1.90 bits per heavy atom. The zero-order valence-electron chi connectivity index (χ0n) is 9.44. The Hall–Kier alpha value is -0.330. The van der Waals surface area contributed by atoms with Gasteiger partial charge >= 0.3 is 0 Å². The lowest BCUT2D eigenvalue weighted by molar-refractivity contribution is -0.107. The van der Waals surface area contributed by atoms with Gasteiger partial charge in [-0.05, 0) is 6.42 Å². The summed E-state index contributed by atoms with van der Waals surface area (Å²) in [5.41, 5.74) is 0. The molecular formula is C9H18O. The van der Waals surface area contributed by atoms with Gasteiger partial charge in [-0.15, -0.1) is 0 Å². The summed E-state index contributed by atoms with van der Waals surface area (Å²) in [6, 6.07) is 0. The molecule has 0 saturated heterocycles. The highest BCUT2D eigenvalue weighted by atomic mass is 16.1. The predicted molar refractivity (Wildman–Crippen MR) is 44.1 cm³/mol. The third kappa shape index (κ3) is 7.67. The lowest BCUT2D eigenvalue weighted by Gasteiger charge is -1.95. The summed E-state index contributed by atoms with van der Waals surface area (Å²) in [5.74, 6) is 0. The van der Waals surface area contributed by atoms with E-state index >= 15 is 0 Å². The van der Waals surface area contributed by atoms with Crippen LogP contribution in [-0.2, 0) is 4.79 Å². The number of rotatable bonds is 7. The van der Waals surface area contributed by atoms with Crippen molar-refractivity contribution in [1.82, 2.24) is 0 Å². The minimum absolute atomic E-state index is 0.320. The quantitative estimate of drug-likeness (QED) is 0.397. The molecule has 0 N–H and O–H groups in total. The normalized spacial score (nSPS) is 15.4. The first-order chi connectivity index (χ1) is 6.06. The van der Waals surface area contributed by atoms with Crippen LogP contribution in [0.3, 0.4) is 0 Å². The van der Waals surface area contributed by atoms with E-state index in [2.05, 4.69) is 0 Å². The Labute approximate surface area is 68.0 Å². The maximum Gasteiger partial charge on any atom is 0.119 e. The van der Waals surface area contributed by atoms with Gasteiger partial charge in [-0.3, -0.25) is 0 Å². The maximum atomic E-state index is 9.95. The fourth-order valence-corrected chi connectivity index (χ4v) is 0.883. The van der Waals surface area contributed by atoms with Crippen LogP contribution in [0.5, 0.6) is 0 Å². The first kappa shape index (κ1) is 5.34. The van der Waals surface area contributed by atoms with Crippen LogP contribution in [0.25, 0.3) is 0 Å². The molecule has 0 fully saturated rings. The lowest BCUT2D eigenvalue weighted by Crippen LogP contribution is -1.79. The van der Waals surface area contributed by atoms with E-state index in [0.717, 1.165) is 38.4 Å². The Kier molecular flexibility index (Phi) is 4.63. The summed E-state index contributed by atoms with van der Waals surface area (Å²) < 4.78 is 20.9. The topological polar surface area (TPSA) is 17.1 Å². The van der Waals surface area contributed by atoms with E-state index in [1.165, 1.54) is 0 Å². The molecule has 0 aromatic heterocycles. The van der Waals surface area contributed by atoms with E-state index in [-0.39, 0.29) is 0 Å². The summed E-state index contributed by atoms with van der Waals surface area (Å²) in [5, 5.41) is 0. The number of hydrogen-bond acceptors (Lipinski definition) is 1. The predicted octanol–water partition coefficient (Wildman–Crippen LogP) is 2.94. The molecule has 0 aliphatic carbocycles. The van der Waals surface area contributed by atoms with Crippen molar-refractivity contribution in [2.75, 3.05) is 0 Å². The Balaban J connectivity index is 3.04. The monoisotopic (exact) mass is 145 g/mol. The molecule has 0 spiro atoms. The number of hydrogen-bond donors (Lipinski definition) is 0. The molecular weight excluding hydrogens is 124 g/mol. The Morgan fingerprint density at radius 3 is 2.60 bits per heavy atom. The minimum atomic E-state index is -1.76. The van der Waals surface area contributed by atoms with E-state index in [4.69, 9.17) is 4.11 Å². The van der Waals surface area contributed by atoms with Crippen LogP contribution in [0.1, 0.15) is 55.9 Å². The summed E-state index contributed by atoms with van der Waals surface area (Å²) in [7, 11) is 0. The highest BCUT2D eigenvalue weighted by Gasteiger charge is 1.87. The van der Waals surface area contributed by atoms with Gasteiger partial charge in [0, 0.05) is 10.5 Å². The molecule has 0 aliphatic heterocycles. The van der Waals surface area contributed by atoms with Crippen molar-refractivity contribution in [1.29, 1.82) is 0 Å². The first-order valence-corrected chi connectivity index (χ1v) is 4.00. The largest absolute Gasteiger partial charge is 0.303 e. The van der Waals surface area contributed by atoms with Crippen LogP contribution in [0.4, 0.5) is 0 Å². The molecule has 10 heavy (non-hydrogen) atoms. The lowest BCUT2D eigenvalue weighted by atomic mass is 10.1. The van der Waals surface area contributed by atoms with Crippen LogP contribution < -0.4 is 0 Å². The van der Waals surface area contributed by atoms with Crippen LogP contribution >= 0.6 is 0 Å². The molecule has 0 bridgehead atoms. The van der Waals surface area contributed by atoms with E-state index in [1.54, 1.807) is 0 Å². The second-order valence-corrected chi connectivity index (χ2v) is 2.47. The van der Waals surface area contributed by atoms with Crippen molar-refractivity contribution in [3.05, 3.63) is 0 Å². The van der Waals surface area contributed by atoms with Gasteiger partial charge < -0.3 is 4.79 Å². The van der Waals surface area contributed by atoms with E-state index in [1.807, 2.05) is 0 Å². The molecule has 1 nitrogen and oxygen atoms in total. The maximum absolute atomic E-state index is 9.95. The standard InChI is InChI=1S/C9H18O/c1-2-3-4-5-6-7-8-9-10/h9H,2-8H2,1H3/i1D3.